The Morgan fingerprint density at radius 3 is 2.34 bits per heavy atom. The first-order valence-electron chi connectivity index (χ1n) is 11.6. The van der Waals surface area contributed by atoms with Gasteiger partial charge < -0.3 is 9.42 Å². The van der Waals surface area contributed by atoms with E-state index in [4.69, 9.17) is 4.52 Å². The molecule has 0 bridgehead atoms. The topological polar surface area (TPSA) is 95.8 Å². The number of aromatic nitrogens is 1. The van der Waals surface area contributed by atoms with Crippen LogP contribution in [0.3, 0.4) is 0 Å². The number of sulfonamides is 1. The molecule has 0 radical (unpaired) electrons. The lowest BCUT2D eigenvalue weighted by atomic mass is 9.98. The van der Waals surface area contributed by atoms with Crippen LogP contribution in [0.2, 0.25) is 0 Å². The summed E-state index contributed by atoms with van der Waals surface area (Å²) in [5, 5.41) is 2.69. The molecule has 1 N–H and O–H groups in total. The molecule has 2 aromatic carbocycles. The zero-order valence-corrected chi connectivity index (χ0v) is 20.0. The minimum absolute atomic E-state index is 0.170. The number of amides is 2. The van der Waals surface area contributed by atoms with Crippen molar-refractivity contribution in [3.63, 3.8) is 0 Å². The third kappa shape index (κ3) is 3.73. The number of anilines is 1. The molecule has 2 amide bonds. The maximum absolute atomic E-state index is 15.2. The van der Waals surface area contributed by atoms with Gasteiger partial charge in [0.25, 0.3) is 5.92 Å². The lowest BCUT2D eigenvalue weighted by Gasteiger charge is -2.37. The second-order valence-electron chi connectivity index (χ2n) is 9.53. The highest BCUT2D eigenvalue weighted by molar-refractivity contribution is 7.90. The van der Waals surface area contributed by atoms with Gasteiger partial charge in [0.05, 0.1) is 16.2 Å². The quantitative estimate of drug-likeness (QED) is 0.473. The van der Waals surface area contributed by atoms with Gasteiger partial charge in [0.1, 0.15) is 35.4 Å². The molecule has 3 aromatic rings. The Hall–Kier alpha value is -3.33. The summed E-state index contributed by atoms with van der Waals surface area (Å²) in [6.07, 6.45) is 0.403. The number of carbonyl (C=O) groups excluding carboxylic acids is 1. The minimum Gasteiger partial charge on any atom is -0.354 e. The van der Waals surface area contributed by atoms with Gasteiger partial charge in [-0.15, -0.1) is 0 Å². The zero-order chi connectivity index (χ0) is 27.1. The van der Waals surface area contributed by atoms with Gasteiger partial charge in [0, 0.05) is 30.8 Å². The van der Waals surface area contributed by atoms with Gasteiger partial charge in [0.15, 0.2) is 11.4 Å². The zero-order valence-electron chi connectivity index (χ0n) is 19.2. The molecule has 1 aromatic heterocycles. The highest BCUT2D eigenvalue weighted by atomic mass is 32.2. The fourth-order valence-corrected chi connectivity index (χ4v) is 6.71. The third-order valence-corrected chi connectivity index (χ3v) is 9.08. The minimum atomic E-state index is -3.99. The van der Waals surface area contributed by atoms with Crippen LogP contribution >= 0.6 is 0 Å². The summed E-state index contributed by atoms with van der Waals surface area (Å²) in [5.41, 5.74) is -1.79. The van der Waals surface area contributed by atoms with Crippen molar-refractivity contribution in [3.8, 4) is 11.1 Å². The average Bonchev–Trinajstić information content (AvgIpc) is 3.56. The molecule has 2 saturated heterocycles. The molecular weight excluding hydrogens is 542 g/mol. The maximum Gasteiger partial charge on any atom is 0.326 e. The molecule has 3 fully saturated rings. The van der Waals surface area contributed by atoms with Gasteiger partial charge in [-0.1, -0.05) is 5.16 Å². The van der Waals surface area contributed by atoms with Crippen LogP contribution in [0.15, 0.2) is 28.8 Å². The number of hydrogen-bond acceptors (Lipinski definition) is 5. The summed E-state index contributed by atoms with van der Waals surface area (Å²) in [6, 6.07) is -1.81. The number of alkyl halides is 2. The van der Waals surface area contributed by atoms with Crippen molar-refractivity contribution < 1.29 is 44.1 Å². The summed E-state index contributed by atoms with van der Waals surface area (Å²) in [5.74, 6) is -9.16. The van der Waals surface area contributed by atoms with Crippen molar-refractivity contribution in [1.82, 2.24) is 14.8 Å². The predicted octanol–water partition coefficient (Wildman–Crippen LogP) is 4.15. The molecule has 3 heterocycles. The molecule has 8 nitrogen and oxygen atoms in total. The lowest BCUT2D eigenvalue weighted by molar-refractivity contribution is -0.0448. The summed E-state index contributed by atoms with van der Waals surface area (Å²) in [4.78, 5) is 15.1. The van der Waals surface area contributed by atoms with Gasteiger partial charge in [-0.2, -0.15) is 0 Å². The number of urea groups is 1. The Morgan fingerprint density at radius 1 is 1.00 bits per heavy atom. The van der Waals surface area contributed by atoms with E-state index in [-0.39, 0.29) is 29.8 Å². The van der Waals surface area contributed by atoms with Crippen molar-refractivity contribution in [2.75, 3.05) is 18.0 Å². The average molecular weight is 560 g/mol. The van der Waals surface area contributed by atoms with Gasteiger partial charge >= 0.3 is 6.03 Å². The van der Waals surface area contributed by atoms with Gasteiger partial charge in [0.2, 0.25) is 10.0 Å². The first-order valence-corrected chi connectivity index (χ1v) is 13.1. The Balaban J connectivity index is 1.39. The summed E-state index contributed by atoms with van der Waals surface area (Å²) < 4.78 is 120. The van der Waals surface area contributed by atoms with Crippen molar-refractivity contribution in [1.29, 1.82) is 0 Å². The van der Waals surface area contributed by atoms with E-state index in [1.165, 1.54) is 0 Å². The molecule has 0 spiro atoms. The lowest BCUT2D eigenvalue weighted by Crippen LogP contribution is -2.56. The fraction of sp³-hybridized carbons (Fsp3) is 0.391. The van der Waals surface area contributed by atoms with Crippen LogP contribution in [0, 0.1) is 23.3 Å². The first kappa shape index (κ1) is 25.0. The monoisotopic (exact) mass is 560 g/mol. The summed E-state index contributed by atoms with van der Waals surface area (Å²) in [7, 11) is -3.99. The second-order valence-corrected chi connectivity index (χ2v) is 11.5. The molecule has 1 aliphatic carbocycles. The molecule has 6 rings (SSSR count). The molecule has 2 aliphatic heterocycles. The molecule has 0 unspecified atom stereocenters. The Morgan fingerprint density at radius 2 is 1.68 bits per heavy atom. The molecule has 3 aliphatic rings. The molecule has 202 valence electrons. The maximum atomic E-state index is 15.2. The number of nitrogens with one attached hydrogen (secondary N) is 1. The number of hydrogen-bond donors (Lipinski definition) is 1. The molecule has 1 saturated carbocycles. The smallest absolute Gasteiger partial charge is 0.326 e. The molecule has 2 atom stereocenters. The standard InChI is InChI=1S/C23H18F6N4O4S/c24-10-7-13(26)18(14(27)8-10)19-12(25)3-4-15-20(19)21(30-37-15)32-6-5-17-23(28,29)16(9-33(17)22(32)34)31-38(35,36)11-1-2-11/h3-4,7-8,11,16-17,31H,1-2,5-6,9H2/t16-,17-/m1/s1. The largest absolute Gasteiger partial charge is 0.354 e. The number of halogens is 6. The predicted molar refractivity (Wildman–Crippen MR) is 121 cm³/mol. The molecular formula is C23H18F6N4O4S. The number of carbonyl (C=O) groups is 1. The van der Waals surface area contributed by atoms with Crippen molar-refractivity contribution in [3.05, 3.63) is 47.5 Å². The van der Waals surface area contributed by atoms with Crippen LogP contribution in [0.1, 0.15) is 19.3 Å². The number of rotatable bonds is 5. The summed E-state index contributed by atoms with van der Waals surface area (Å²) >= 11 is 0. The van der Waals surface area contributed by atoms with E-state index in [1.807, 2.05) is 4.72 Å². The summed E-state index contributed by atoms with van der Waals surface area (Å²) in [6.45, 7) is -0.999. The highest BCUT2D eigenvalue weighted by Crippen LogP contribution is 2.44. The third-order valence-electron chi connectivity index (χ3n) is 7.12. The van der Waals surface area contributed by atoms with E-state index in [0.29, 0.717) is 25.0 Å². The van der Waals surface area contributed by atoms with Gasteiger partial charge in [-0.25, -0.2) is 44.3 Å². The van der Waals surface area contributed by atoms with E-state index in [2.05, 4.69) is 5.16 Å². The number of fused-ring (bicyclic) bond motifs is 2. The number of benzene rings is 2. The van der Waals surface area contributed by atoms with Crippen LogP contribution < -0.4 is 9.62 Å². The van der Waals surface area contributed by atoms with E-state index >= 15 is 13.2 Å². The van der Waals surface area contributed by atoms with E-state index < -0.39 is 80.3 Å². The number of nitrogens with zero attached hydrogens (tertiary/aromatic N) is 3. The van der Waals surface area contributed by atoms with Crippen molar-refractivity contribution >= 4 is 32.8 Å². The Bertz CT molecular complexity index is 1570. The first-order chi connectivity index (χ1) is 17.9. The van der Waals surface area contributed by atoms with E-state index in [0.717, 1.165) is 21.9 Å². The van der Waals surface area contributed by atoms with Crippen LogP contribution in [-0.2, 0) is 10.0 Å². The van der Waals surface area contributed by atoms with E-state index in [9.17, 15) is 26.4 Å². The van der Waals surface area contributed by atoms with Crippen molar-refractivity contribution in [2.45, 2.75) is 42.5 Å². The fourth-order valence-electron chi connectivity index (χ4n) is 5.14. The molecule has 38 heavy (non-hydrogen) atoms. The van der Waals surface area contributed by atoms with Crippen LogP contribution in [0.5, 0.6) is 0 Å². The molecule has 15 heteroatoms. The normalized spacial score (nSPS) is 23.4. The van der Waals surface area contributed by atoms with Crippen LogP contribution in [-0.4, -0.2) is 60.9 Å². The van der Waals surface area contributed by atoms with Crippen molar-refractivity contribution in [2.24, 2.45) is 0 Å². The van der Waals surface area contributed by atoms with Crippen LogP contribution in [0.25, 0.3) is 22.1 Å². The van der Waals surface area contributed by atoms with E-state index in [1.54, 1.807) is 0 Å². The second kappa shape index (κ2) is 8.33. The highest BCUT2D eigenvalue weighted by Gasteiger charge is 2.61. The van der Waals surface area contributed by atoms with Gasteiger partial charge in [-0.3, -0.25) is 4.90 Å². The van der Waals surface area contributed by atoms with Gasteiger partial charge in [-0.05, 0) is 31.4 Å². The van der Waals surface area contributed by atoms with Crippen LogP contribution in [0.4, 0.5) is 37.0 Å². The SMILES string of the molecule is O=C1N(c2noc3ccc(F)c(-c4c(F)cc(F)cc4F)c23)CC[C@H]2N1C[C@@H](NS(=O)(=O)C1CC1)C2(F)F. The Kier molecular flexibility index (Phi) is 5.48. The Labute approximate surface area is 211 Å².